The molecule has 0 N–H and O–H groups in total. The molecule has 0 radical (unpaired) electrons. The SMILES string of the molecule is Cc1cc(Cl)ccc1Oc1cncc(CCl)c1. The Kier molecular flexibility index (Phi) is 3.87. The summed E-state index contributed by atoms with van der Waals surface area (Å²) in [6, 6.07) is 7.36. The zero-order valence-electron chi connectivity index (χ0n) is 9.28. The highest BCUT2D eigenvalue weighted by Crippen LogP contribution is 2.27. The highest BCUT2D eigenvalue weighted by molar-refractivity contribution is 6.30. The Bertz CT molecular complexity index is 529. The van der Waals surface area contributed by atoms with Crippen LogP contribution in [0.4, 0.5) is 0 Å². The van der Waals surface area contributed by atoms with Gasteiger partial charge in [-0.25, -0.2) is 0 Å². The van der Waals surface area contributed by atoms with Crippen molar-refractivity contribution in [3.05, 3.63) is 52.8 Å². The van der Waals surface area contributed by atoms with Gasteiger partial charge in [-0.1, -0.05) is 11.6 Å². The molecule has 0 fully saturated rings. The van der Waals surface area contributed by atoms with Crippen LogP contribution in [0.25, 0.3) is 0 Å². The first kappa shape index (κ1) is 12.2. The molecule has 0 aliphatic heterocycles. The van der Waals surface area contributed by atoms with Crippen molar-refractivity contribution < 1.29 is 4.74 Å². The number of hydrogen-bond acceptors (Lipinski definition) is 2. The number of aryl methyl sites for hydroxylation is 1. The quantitative estimate of drug-likeness (QED) is 0.760. The molecule has 0 saturated carbocycles. The van der Waals surface area contributed by atoms with Crippen LogP contribution in [0.3, 0.4) is 0 Å². The van der Waals surface area contributed by atoms with E-state index in [4.69, 9.17) is 27.9 Å². The van der Waals surface area contributed by atoms with Gasteiger partial charge in [0.2, 0.25) is 0 Å². The normalized spacial score (nSPS) is 10.3. The summed E-state index contributed by atoms with van der Waals surface area (Å²) < 4.78 is 5.73. The number of halogens is 2. The number of pyridine rings is 1. The van der Waals surface area contributed by atoms with E-state index >= 15 is 0 Å². The maximum atomic E-state index is 5.88. The van der Waals surface area contributed by atoms with Crippen molar-refractivity contribution in [3.8, 4) is 11.5 Å². The van der Waals surface area contributed by atoms with Gasteiger partial charge in [0, 0.05) is 17.1 Å². The lowest BCUT2D eigenvalue weighted by Gasteiger charge is -2.09. The lowest BCUT2D eigenvalue weighted by molar-refractivity contribution is 0.476. The highest BCUT2D eigenvalue weighted by Gasteiger charge is 2.03. The maximum absolute atomic E-state index is 5.88. The fourth-order valence-corrected chi connectivity index (χ4v) is 1.82. The van der Waals surface area contributed by atoms with E-state index in [9.17, 15) is 0 Å². The first-order valence-corrected chi connectivity index (χ1v) is 6.04. The molecule has 0 atom stereocenters. The molecule has 1 heterocycles. The second-order valence-corrected chi connectivity index (χ2v) is 4.38. The van der Waals surface area contributed by atoms with E-state index in [-0.39, 0.29) is 0 Å². The molecule has 4 heteroatoms. The van der Waals surface area contributed by atoms with E-state index in [1.54, 1.807) is 18.5 Å². The van der Waals surface area contributed by atoms with Crippen LogP contribution in [0.5, 0.6) is 11.5 Å². The fourth-order valence-electron chi connectivity index (χ4n) is 1.45. The molecule has 0 aliphatic carbocycles. The molecular formula is C13H11Cl2NO. The Morgan fingerprint density at radius 1 is 1.24 bits per heavy atom. The molecule has 0 bridgehead atoms. The van der Waals surface area contributed by atoms with E-state index in [0.717, 1.165) is 16.9 Å². The Morgan fingerprint density at radius 3 is 2.76 bits per heavy atom. The number of ether oxygens (including phenoxy) is 1. The molecule has 0 aliphatic rings. The summed E-state index contributed by atoms with van der Waals surface area (Å²) in [4.78, 5) is 4.06. The smallest absolute Gasteiger partial charge is 0.146 e. The second-order valence-electron chi connectivity index (χ2n) is 3.67. The van der Waals surface area contributed by atoms with Crippen LogP contribution in [-0.4, -0.2) is 4.98 Å². The lowest BCUT2D eigenvalue weighted by atomic mass is 10.2. The van der Waals surface area contributed by atoms with Crippen LogP contribution in [0.2, 0.25) is 5.02 Å². The van der Waals surface area contributed by atoms with Crippen LogP contribution in [0, 0.1) is 6.92 Å². The zero-order chi connectivity index (χ0) is 12.3. The van der Waals surface area contributed by atoms with Gasteiger partial charge < -0.3 is 4.74 Å². The minimum Gasteiger partial charge on any atom is -0.455 e. The van der Waals surface area contributed by atoms with Gasteiger partial charge in [-0.15, -0.1) is 11.6 Å². The topological polar surface area (TPSA) is 22.1 Å². The van der Waals surface area contributed by atoms with Gasteiger partial charge in [0.25, 0.3) is 0 Å². The number of hydrogen-bond donors (Lipinski definition) is 0. The predicted octanol–water partition coefficient (Wildman–Crippen LogP) is 4.57. The summed E-state index contributed by atoms with van der Waals surface area (Å²) >= 11 is 11.6. The molecule has 17 heavy (non-hydrogen) atoms. The summed E-state index contributed by atoms with van der Waals surface area (Å²) in [5.41, 5.74) is 1.91. The van der Waals surface area contributed by atoms with Gasteiger partial charge >= 0.3 is 0 Å². The van der Waals surface area contributed by atoms with Gasteiger partial charge in [0.1, 0.15) is 11.5 Å². The molecule has 2 nitrogen and oxygen atoms in total. The molecule has 2 aromatic rings. The van der Waals surface area contributed by atoms with Crippen molar-refractivity contribution in [3.63, 3.8) is 0 Å². The van der Waals surface area contributed by atoms with Crippen molar-refractivity contribution in [2.24, 2.45) is 0 Å². The van der Waals surface area contributed by atoms with Crippen LogP contribution < -0.4 is 4.74 Å². The number of alkyl halides is 1. The summed E-state index contributed by atoms with van der Waals surface area (Å²) in [6.45, 7) is 1.94. The molecule has 0 unspecified atom stereocenters. The molecule has 1 aromatic carbocycles. The van der Waals surface area contributed by atoms with E-state index in [1.165, 1.54) is 0 Å². The third-order valence-corrected chi connectivity index (χ3v) is 2.83. The van der Waals surface area contributed by atoms with Crippen molar-refractivity contribution in [2.75, 3.05) is 0 Å². The summed E-state index contributed by atoms with van der Waals surface area (Å²) in [6.07, 6.45) is 3.37. The predicted molar refractivity (Wildman–Crippen MR) is 70.1 cm³/mol. The minimum atomic E-state index is 0.420. The van der Waals surface area contributed by atoms with Crippen molar-refractivity contribution in [1.29, 1.82) is 0 Å². The summed E-state index contributed by atoms with van der Waals surface area (Å²) in [5.74, 6) is 1.86. The van der Waals surface area contributed by atoms with Crippen molar-refractivity contribution in [2.45, 2.75) is 12.8 Å². The molecular weight excluding hydrogens is 257 g/mol. The van der Waals surface area contributed by atoms with Gasteiger partial charge in [0.15, 0.2) is 0 Å². The highest BCUT2D eigenvalue weighted by atomic mass is 35.5. The second kappa shape index (κ2) is 5.39. The number of aromatic nitrogens is 1. The maximum Gasteiger partial charge on any atom is 0.146 e. The Hall–Kier alpha value is -1.25. The lowest BCUT2D eigenvalue weighted by Crippen LogP contribution is -1.90. The van der Waals surface area contributed by atoms with Gasteiger partial charge in [-0.3, -0.25) is 4.98 Å². The van der Waals surface area contributed by atoms with E-state index < -0.39 is 0 Å². The van der Waals surface area contributed by atoms with Crippen LogP contribution in [-0.2, 0) is 5.88 Å². The Balaban J connectivity index is 2.25. The first-order chi connectivity index (χ1) is 8.19. The number of benzene rings is 1. The molecule has 1 aromatic heterocycles. The molecule has 0 amide bonds. The van der Waals surface area contributed by atoms with Crippen LogP contribution >= 0.6 is 23.2 Å². The Labute approximate surface area is 110 Å². The monoisotopic (exact) mass is 267 g/mol. The van der Waals surface area contributed by atoms with Gasteiger partial charge in [0.05, 0.1) is 6.20 Å². The van der Waals surface area contributed by atoms with E-state index in [2.05, 4.69) is 4.98 Å². The average Bonchev–Trinajstić information content (AvgIpc) is 2.33. The molecule has 0 spiro atoms. The molecule has 0 saturated heterocycles. The first-order valence-electron chi connectivity index (χ1n) is 5.13. The third kappa shape index (κ3) is 3.11. The van der Waals surface area contributed by atoms with Crippen LogP contribution in [0.15, 0.2) is 36.7 Å². The number of nitrogens with zero attached hydrogens (tertiary/aromatic N) is 1. The summed E-state index contributed by atoms with van der Waals surface area (Å²) in [7, 11) is 0. The van der Waals surface area contributed by atoms with Crippen molar-refractivity contribution >= 4 is 23.2 Å². The van der Waals surface area contributed by atoms with Gasteiger partial charge in [-0.2, -0.15) is 0 Å². The fraction of sp³-hybridized carbons (Fsp3) is 0.154. The molecule has 2 rings (SSSR count). The van der Waals surface area contributed by atoms with Crippen LogP contribution in [0.1, 0.15) is 11.1 Å². The average molecular weight is 268 g/mol. The largest absolute Gasteiger partial charge is 0.455 e. The van der Waals surface area contributed by atoms with E-state index in [1.807, 2.05) is 25.1 Å². The third-order valence-electron chi connectivity index (χ3n) is 2.29. The van der Waals surface area contributed by atoms with E-state index in [0.29, 0.717) is 16.7 Å². The number of rotatable bonds is 3. The standard InChI is InChI=1S/C13H11Cl2NO/c1-9-4-11(15)2-3-13(9)17-12-5-10(6-14)7-16-8-12/h2-5,7-8H,6H2,1H3. The van der Waals surface area contributed by atoms with Crippen molar-refractivity contribution in [1.82, 2.24) is 4.98 Å². The Morgan fingerprint density at radius 2 is 2.06 bits per heavy atom. The summed E-state index contributed by atoms with van der Waals surface area (Å²) in [5, 5.41) is 0.697. The minimum absolute atomic E-state index is 0.420. The zero-order valence-corrected chi connectivity index (χ0v) is 10.8. The van der Waals surface area contributed by atoms with Gasteiger partial charge in [-0.05, 0) is 42.3 Å². The molecule has 88 valence electrons.